The van der Waals surface area contributed by atoms with Crippen molar-refractivity contribution in [2.24, 2.45) is 0 Å². The summed E-state index contributed by atoms with van der Waals surface area (Å²) in [5.41, 5.74) is 2.22. The lowest BCUT2D eigenvalue weighted by Gasteiger charge is -2.15. The molecule has 4 heteroatoms. The lowest BCUT2D eigenvalue weighted by molar-refractivity contribution is 0.315. The third-order valence-electron chi connectivity index (χ3n) is 2.79. The lowest BCUT2D eigenvalue weighted by atomic mass is 10.2. The molecule has 1 rings (SSSR count). The Balaban J connectivity index is 2.88. The molecule has 1 aromatic rings. The highest BCUT2D eigenvalue weighted by molar-refractivity contribution is 9.10. The molecule has 1 N–H and O–H groups in total. The molecule has 0 saturated heterocycles. The Kier molecular flexibility index (Phi) is 6.95. The zero-order chi connectivity index (χ0) is 14.3. The summed E-state index contributed by atoms with van der Waals surface area (Å²) in [5, 5.41) is 3.29. The minimum atomic E-state index is 0.512. The molecule has 0 aliphatic rings. The Morgan fingerprint density at radius 3 is 2.68 bits per heavy atom. The van der Waals surface area contributed by atoms with E-state index in [1.807, 2.05) is 6.07 Å². The standard InChI is InChI=1S/C15H22BrNO2/c1-5-11(3)10-19-15-13(16)7-12(9-17-6-2)8-14(15)18-4/h7-8,17H,3,5-6,9-10H2,1-2,4H3. The summed E-state index contributed by atoms with van der Waals surface area (Å²) in [5.74, 6) is 1.48. The normalized spacial score (nSPS) is 10.3. The van der Waals surface area contributed by atoms with E-state index in [0.717, 1.165) is 46.6 Å². The third-order valence-corrected chi connectivity index (χ3v) is 3.38. The maximum absolute atomic E-state index is 5.78. The largest absolute Gasteiger partial charge is 0.493 e. The fraction of sp³-hybridized carbons (Fsp3) is 0.467. The van der Waals surface area contributed by atoms with E-state index in [-0.39, 0.29) is 0 Å². The second-order valence-corrected chi connectivity index (χ2v) is 5.14. The van der Waals surface area contributed by atoms with Gasteiger partial charge < -0.3 is 14.8 Å². The van der Waals surface area contributed by atoms with Gasteiger partial charge in [-0.2, -0.15) is 0 Å². The number of rotatable bonds is 8. The van der Waals surface area contributed by atoms with Crippen molar-refractivity contribution in [3.8, 4) is 11.5 Å². The molecular weight excluding hydrogens is 306 g/mol. The van der Waals surface area contributed by atoms with Crippen molar-refractivity contribution < 1.29 is 9.47 Å². The summed E-state index contributed by atoms with van der Waals surface area (Å²) in [6, 6.07) is 4.05. The van der Waals surface area contributed by atoms with E-state index in [1.54, 1.807) is 7.11 Å². The highest BCUT2D eigenvalue weighted by Crippen LogP contribution is 2.36. The van der Waals surface area contributed by atoms with E-state index in [4.69, 9.17) is 9.47 Å². The van der Waals surface area contributed by atoms with Crippen LogP contribution >= 0.6 is 15.9 Å². The Bertz CT molecular complexity index is 432. The first kappa shape index (κ1) is 16.1. The fourth-order valence-electron chi connectivity index (χ4n) is 1.56. The highest BCUT2D eigenvalue weighted by Gasteiger charge is 2.11. The molecular formula is C15H22BrNO2. The number of hydrogen-bond acceptors (Lipinski definition) is 3. The van der Waals surface area contributed by atoms with E-state index >= 15 is 0 Å². The van der Waals surface area contributed by atoms with E-state index in [1.165, 1.54) is 0 Å². The second-order valence-electron chi connectivity index (χ2n) is 4.28. The van der Waals surface area contributed by atoms with Gasteiger partial charge in [-0.05, 0) is 52.2 Å². The quantitative estimate of drug-likeness (QED) is 0.734. The Labute approximate surface area is 124 Å². The highest BCUT2D eigenvalue weighted by atomic mass is 79.9. The molecule has 0 aliphatic carbocycles. The van der Waals surface area contributed by atoms with E-state index in [0.29, 0.717) is 6.61 Å². The minimum Gasteiger partial charge on any atom is -0.493 e. The van der Waals surface area contributed by atoms with Crippen molar-refractivity contribution >= 4 is 15.9 Å². The number of ether oxygens (including phenoxy) is 2. The first-order chi connectivity index (χ1) is 9.12. The third kappa shape index (κ3) is 4.88. The van der Waals surface area contributed by atoms with Crippen molar-refractivity contribution in [1.29, 1.82) is 0 Å². The van der Waals surface area contributed by atoms with Gasteiger partial charge in [0.1, 0.15) is 6.61 Å². The molecule has 0 unspecified atom stereocenters. The molecule has 3 nitrogen and oxygen atoms in total. The van der Waals surface area contributed by atoms with Crippen molar-refractivity contribution in [3.63, 3.8) is 0 Å². The molecule has 0 heterocycles. The first-order valence-corrected chi connectivity index (χ1v) is 7.28. The molecule has 0 atom stereocenters. The van der Waals surface area contributed by atoms with Crippen LogP contribution in [0, 0.1) is 0 Å². The summed E-state index contributed by atoms with van der Waals surface area (Å²) in [6.45, 7) is 10.4. The molecule has 0 saturated carbocycles. The zero-order valence-corrected chi connectivity index (χ0v) is 13.5. The van der Waals surface area contributed by atoms with Crippen molar-refractivity contribution in [2.45, 2.75) is 26.8 Å². The molecule has 0 aliphatic heterocycles. The van der Waals surface area contributed by atoms with E-state index in [2.05, 4.69) is 47.7 Å². The average molecular weight is 328 g/mol. The summed E-state index contributed by atoms with van der Waals surface area (Å²) in [6.07, 6.45) is 0.915. The predicted octanol–water partition coefficient (Wildman–Crippen LogP) is 3.91. The zero-order valence-electron chi connectivity index (χ0n) is 11.9. The van der Waals surface area contributed by atoms with Crippen LogP contribution in [-0.2, 0) is 6.54 Å². The van der Waals surface area contributed by atoms with Gasteiger partial charge in [0.15, 0.2) is 11.5 Å². The van der Waals surface area contributed by atoms with Gasteiger partial charge in [-0.1, -0.05) is 20.4 Å². The van der Waals surface area contributed by atoms with Crippen LogP contribution in [0.25, 0.3) is 0 Å². The lowest BCUT2D eigenvalue weighted by Crippen LogP contribution is -2.12. The van der Waals surface area contributed by atoms with Crippen LogP contribution in [0.2, 0.25) is 0 Å². The van der Waals surface area contributed by atoms with Crippen molar-refractivity contribution in [1.82, 2.24) is 5.32 Å². The van der Waals surface area contributed by atoms with Crippen LogP contribution < -0.4 is 14.8 Å². The molecule has 0 fully saturated rings. The van der Waals surface area contributed by atoms with Gasteiger partial charge in [0.05, 0.1) is 11.6 Å². The Morgan fingerprint density at radius 2 is 2.11 bits per heavy atom. The van der Waals surface area contributed by atoms with Crippen LogP contribution in [-0.4, -0.2) is 20.3 Å². The van der Waals surface area contributed by atoms with Crippen LogP contribution in [0.4, 0.5) is 0 Å². The molecule has 0 radical (unpaired) electrons. The number of hydrogen-bond donors (Lipinski definition) is 1. The van der Waals surface area contributed by atoms with Gasteiger partial charge >= 0.3 is 0 Å². The Hall–Kier alpha value is -1.00. The SMILES string of the molecule is C=C(CC)COc1c(Br)cc(CNCC)cc1OC. The average Bonchev–Trinajstić information content (AvgIpc) is 2.42. The molecule has 0 spiro atoms. The van der Waals surface area contributed by atoms with Crippen LogP contribution in [0.3, 0.4) is 0 Å². The smallest absolute Gasteiger partial charge is 0.175 e. The maximum atomic E-state index is 5.78. The fourth-order valence-corrected chi connectivity index (χ4v) is 2.16. The summed E-state index contributed by atoms with van der Waals surface area (Å²) >= 11 is 3.54. The van der Waals surface area contributed by atoms with Crippen LogP contribution in [0.15, 0.2) is 28.8 Å². The van der Waals surface area contributed by atoms with E-state index in [9.17, 15) is 0 Å². The van der Waals surface area contributed by atoms with Gasteiger partial charge in [0.2, 0.25) is 0 Å². The molecule has 1 aromatic carbocycles. The molecule has 0 aromatic heterocycles. The second kappa shape index (κ2) is 8.23. The van der Waals surface area contributed by atoms with Gasteiger partial charge in [0, 0.05) is 6.54 Å². The number of nitrogens with one attached hydrogen (secondary N) is 1. The van der Waals surface area contributed by atoms with Crippen molar-refractivity contribution in [3.05, 3.63) is 34.3 Å². The first-order valence-electron chi connectivity index (χ1n) is 6.48. The van der Waals surface area contributed by atoms with Crippen molar-refractivity contribution in [2.75, 3.05) is 20.3 Å². The molecule has 0 bridgehead atoms. The monoisotopic (exact) mass is 327 g/mol. The van der Waals surface area contributed by atoms with Crippen LogP contribution in [0.1, 0.15) is 25.8 Å². The summed E-state index contributed by atoms with van der Waals surface area (Å²) < 4.78 is 12.1. The number of benzene rings is 1. The topological polar surface area (TPSA) is 30.5 Å². The summed E-state index contributed by atoms with van der Waals surface area (Å²) in [4.78, 5) is 0. The molecule has 0 amide bonds. The number of methoxy groups -OCH3 is 1. The van der Waals surface area contributed by atoms with Gasteiger partial charge in [-0.15, -0.1) is 0 Å². The summed E-state index contributed by atoms with van der Waals surface area (Å²) in [7, 11) is 1.65. The van der Waals surface area contributed by atoms with Crippen LogP contribution in [0.5, 0.6) is 11.5 Å². The minimum absolute atomic E-state index is 0.512. The molecule has 106 valence electrons. The van der Waals surface area contributed by atoms with E-state index < -0.39 is 0 Å². The maximum Gasteiger partial charge on any atom is 0.175 e. The predicted molar refractivity (Wildman–Crippen MR) is 83.0 cm³/mol. The number of halogens is 1. The Morgan fingerprint density at radius 1 is 1.37 bits per heavy atom. The van der Waals surface area contributed by atoms with Gasteiger partial charge in [0.25, 0.3) is 0 Å². The van der Waals surface area contributed by atoms with Gasteiger partial charge in [-0.3, -0.25) is 0 Å². The van der Waals surface area contributed by atoms with Gasteiger partial charge in [-0.25, -0.2) is 0 Å². The molecule has 19 heavy (non-hydrogen) atoms.